The molecule has 2 N–H and O–H groups in total. The number of thiophene rings is 1. The van der Waals surface area contributed by atoms with Gasteiger partial charge in [-0.15, -0.1) is 11.3 Å². The summed E-state index contributed by atoms with van der Waals surface area (Å²) >= 11 is 1.72. The van der Waals surface area contributed by atoms with Crippen molar-refractivity contribution in [3.8, 4) is 11.3 Å². The second-order valence-corrected chi connectivity index (χ2v) is 7.40. The molecule has 0 unspecified atom stereocenters. The molecule has 0 saturated carbocycles. The molecule has 0 aliphatic carbocycles. The number of carbonyl (C=O) groups is 1. The lowest BCUT2D eigenvalue weighted by atomic mass is 10.1. The number of H-pyrrole nitrogens is 1. The Balaban J connectivity index is 1.43. The highest BCUT2D eigenvalue weighted by Gasteiger charge is 2.24. The van der Waals surface area contributed by atoms with Gasteiger partial charge in [0.2, 0.25) is 0 Å². The van der Waals surface area contributed by atoms with Gasteiger partial charge in [-0.1, -0.05) is 36.4 Å². The zero-order chi connectivity index (χ0) is 18.5. The minimum absolute atomic E-state index is 0.139. The van der Waals surface area contributed by atoms with E-state index in [0.29, 0.717) is 12.2 Å². The van der Waals surface area contributed by atoms with Crippen molar-refractivity contribution in [3.63, 3.8) is 0 Å². The zero-order valence-corrected chi connectivity index (χ0v) is 15.7. The fourth-order valence-electron chi connectivity index (χ4n) is 3.26. The largest absolute Gasteiger partial charge is 0.379 e. The third kappa shape index (κ3) is 4.27. The summed E-state index contributed by atoms with van der Waals surface area (Å²) in [6.07, 6.45) is 0. The molecule has 1 aromatic carbocycles. The molecule has 1 saturated heterocycles. The summed E-state index contributed by atoms with van der Waals surface area (Å²) < 4.78 is 5.47. The van der Waals surface area contributed by atoms with Crippen LogP contribution in [0.1, 0.15) is 21.4 Å². The number of aromatic amines is 1. The standard InChI is InChI=1S/C20H22N4O2S/c25-20(17-13-16(22-23-17)15-5-2-1-3-6-15)21-14-18(19-7-4-12-27-19)24-8-10-26-11-9-24/h1-7,12-13,18H,8-11,14H2,(H,21,25)(H,22,23)/t18-/m1/s1. The van der Waals surface area contributed by atoms with Gasteiger partial charge >= 0.3 is 0 Å². The molecule has 1 aliphatic heterocycles. The van der Waals surface area contributed by atoms with Crippen LogP contribution in [0.3, 0.4) is 0 Å². The van der Waals surface area contributed by atoms with Crippen LogP contribution in [0.2, 0.25) is 0 Å². The maximum atomic E-state index is 12.6. The molecule has 0 spiro atoms. The van der Waals surface area contributed by atoms with Gasteiger partial charge in [0.1, 0.15) is 5.69 Å². The van der Waals surface area contributed by atoms with Crippen molar-refractivity contribution in [2.75, 3.05) is 32.8 Å². The number of hydrogen-bond acceptors (Lipinski definition) is 5. The van der Waals surface area contributed by atoms with E-state index in [0.717, 1.165) is 37.6 Å². The van der Waals surface area contributed by atoms with Crippen LogP contribution >= 0.6 is 11.3 Å². The van der Waals surface area contributed by atoms with Crippen molar-refractivity contribution in [2.24, 2.45) is 0 Å². The van der Waals surface area contributed by atoms with Crippen LogP contribution in [-0.4, -0.2) is 53.9 Å². The van der Waals surface area contributed by atoms with Crippen molar-refractivity contribution in [2.45, 2.75) is 6.04 Å². The van der Waals surface area contributed by atoms with E-state index in [2.05, 4.69) is 37.9 Å². The summed E-state index contributed by atoms with van der Waals surface area (Å²) in [4.78, 5) is 16.3. The quantitative estimate of drug-likeness (QED) is 0.688. The molecule has 6 nitrogen and oxygen atoms in total. The van der Waals surface area contributed by atoms with Crippen molar-refractivity contribution in [1.82, 2.24) is 20.4 Å². The summed E-state index contributed by atoms with van der Waals surface area (Å²) in [5.74, 6) is -0.139. The first-order valence-electron chi connectivity index (χ1n) is 9.05. The Morgan fingerprint density at radius 3 is 2.78 bits per heavy atom. The molecule has 1 fully saturated rings. The van der Waals surface area contributed by atoms with E-state index >= 15 is 0 Å². The van der Waals surface area contributed by atoms with Crippen molar-refractivity contribution in [3.05, 3.63) is 64.5 Å². The van der Waals surface area contributed by atoms with Crippen LogP contribution in [0.15, 0.2) is 53.9 Å². The predicted octanol–water partition coefficient (Wildman–Crippen LogP) is 2.94. The maximum absolute atomic E-state index is 12.6. The Bertz CT molecular complexity index is 857. The second-order valence-electron chi connectivity index (χ2n) is 6.42. The average Bonchev–Trinajstić information content (AvgIpc) is 3.42. The molecule has 1 atom stereocenters. The van der Waals surface area contributed by atoms with Gasteiger partial charge in [0, 0.05) is 30.1 Å². The first kappa shape index (κ1) is 17.9. The molecule has 27 heavy (non-hydrogen) atoms. The highest BCUT2D eigenvalue weighted by Crippen LogP contribution is 2.25. The van der Waals surface area contributed by atoms with E-state index < -0.39 is 0 Å². The number of hydrogen-bond donors (Lipinski definition) is 2. The monoisotopic (exact) mass is 382 g/mol. The first-order chi connectivity index (χ1) is 13.3. The smallest absolute Gasteiger partial charge is 0.269 e. The number of ether oxygens (including phenoxy) is 1. The molecule has 2 aromatic heterocycles. The normalized spacial score (nSPS) is 16.1. The lowest BCUT2D eigenvalue weighted by Gasteiger charge is -2.34. The predicted molar refractivity (Wildman–Crippen MR) is 106 cm³/mol. The third-order valence-electron chi connectivity index (χ3n) is 4.71. The van der Waals surface area contributed by atoms with E-state index in [1.807, 2.05) is 30.3 Å². The highest BCUT2D eigenvalue weighted by atomic mass is 32.1. The molecular formula is C20H22N4O2S. The summed E-state index contributed by atoms with van der Waals surface area (Å²) in [6, 6.07) is 16.0. The van der Waals surface area contributed by atoms with E-state index in [4.69, 9.17) is 4.74 Å². The molecule has 1 amide bonds. The molecule has 3 aromatic rings. The minimum atomic E-state index is -0.139. The minimum Gasteiger partial charge on any atom is -0.379 e. The van der Waals surface area contributed by atoms with Crippen LogP contribution in [0.5, 0.6) is 0 Å². The van der Waals surface area contributed by atoms with E-state index in [1.54, 1.807) is 17.4 Å². The summed E-state index contributed by atoms with van der Waals surface area (Å²) in [7, 11) is 0. The number of nitrogens with one attached hydrogen (secondary N) is 2. The lowest BCUT2D eigenvalue weighted by molar-refractivity contribution is 0.0169. The van der Waals surface area contributed by atoms with E-state index in [1.165, 1.54) is 4.88 Å². The Hall–Kier alpha value is -2.48. The van der Waals surface area contributed by atoms with Gasteiger partial charge in [-0.05, 0) is 17.5 Å². The topological polar surface area (TPSA) is 70.2 Å². The second kappa shape index (κ2) is 8.47. The van der Waals surface area contributed by atoms with Gasteiger partial charge in [-0.3, -0.25) is 14.8 Å². The Morgan fingerprint density at radius 2 is 2.04 bits per heavy atom. The van der Waals surface area contributed by atoms with Crippen molar-refractivity contribution >= 4 is 17.2 Å². The fraction of sp³-hybridized carbons (Fsp3) is 0.300. The molecule has 0 radical (unpaired) electrons. The van der Waals surface area contributed by atoms with Gasteiger partial charge in [-0.25, -0.2) is 0 Å². The first-order valence-corrected chi connectivity index (χ1v) is 9.93. The Labute approximate surface area is 162 Å². The van der Waals surface area contributed by atoms with Gasteiger partial charge in [0.25, 0.3) is 5.91 Å². The van der Waals surface area contributed by atoms with E-state index in [9.17, 15) is 4.79 Å². The molecule has 3 heterocycles. The Kier molecular flexibility index (Phi) is 5.62. The number of amides is 1. The number of morpholine rings is 1. The number of benzene rings is 1. The zero-order valence-electron chi connectivity index (χ0n) is 14.9. The maximum Gasteiger partial charge on any atom is 0.269 e. The molecule has 4 rings (SSSR count). The number of rotatable bonds is 6. The molecular weight excluding hydrogens is 360 g/mol. The number of nitrogens with zero attached hydrogens (tertiary/aromatic N) is 2. The summed E-state index contributed by atoms with van der Waals surface area (Å²) in [5, 5.41) is 12.3. The molecule has 140 valence electrons. The van der Waals surface area contributed by atoms with Crippen LogP contribution in [0.25, 0.3) is 11.3 Å². The molecule has 1 aliphatic rings. The van der Waals surface area contributed by atoms with Crippen LogP contribution in [0, 0.1) is 0 Å². The van der Waals surface area contributed by atoms with Gasteiger partial charge in [0.05, 0.1) is 24.9 Å². The SMILES string of the molecule is O=C(NC[C@H](c1cccs1)N1CCOCC1)c1cc(-c2ccccc2)n[nH]1. The molecule has 7 heteroatoms. The average molecular weight is 382 g/mol. The number of aromatic nitrogens is 2. The lowest BCUT2D eigenvalue weighted by Crippen LogP contribution is -2.43. The highest BCUT2D eigenvalue weighted by molar-refractivity contribution is 7.10. The Morgan fingerprint density at radius 1 is 1.22 bits per heavy atom. The third-order valence-corrected chi connectivity index (χ3v) is 5.68. The van der Waals surface area contributed by atoms with Crippen LogP contribution in [0.4, 0.5) is 0 Å². The fourth-order valence-corrected chi connectivity index (χ4v) is 4.12. The van der Waals surface area contributed by atoms with Gasteiger partial charge in [-0.2, -0.15) is 5.10 Å². The summed E-state index contributed by atoms with van der Waals surface area (Å²) in [5.41, 5.74) is 2.22. The summed E-state index contributed by atoms with van der Waals surface area (Å²) in [6.45, 7) is 3.77. The molecule has 0 bridgehead atoms. The van der Waals surface area contributed by atoms with Crippen LogP contribution in [-0.2, 0) is 4.74 Å². The number of carbonyl (C=O) groups excluding carboxylic acids is 1. The van der Waals surface area contributed by atoms with Gasteiger partial charge in [0.15, 0.2) is 0 Å². The van der Waals surface area contributed by atoms with E-state index in [-0.39, 0.29) is 11.9 Å². The van der Waals surface area contributed by atoms with Crippen LogP contribution < -0.4 is 5.32 Å². The van der Waals surface area contributed by atoms with Crippen molar-refractivity contribution in [1.29, 1.82) is 0 Å². The van der Waals surface area contributed by atoms with Crippen molar-refractivity contribution < 1.29 is 9.53 Å². The van der Waals surface area contributed by atoms with Gasteiger partial charge < -0.3 is 10.1 Å².